The maximum Gasteiger partial charge on any atom is 0.322 e. The number of amides is 2. The van der Waals surface area contributed by atoms with E-state index in [4.69, 9.17) is 4.74 Å². The number of carbonyl (C=O) groups excluding carboxylic acids is 1. The Hall–Kier alpha value is -2.56. The lowest BCUT2D eigenvalue weighted by Gasteiger charge is -2.38. The van der Waals surface area contributed by atoms with Crippen LogP contribution in [0.25, 0.3) is 0 Å². The number of aromatic nitrogens is 1. The van der Waals surface area contributed by atoms with Gasteiger partial charge in [-0.3, -0.25) is 4.98 Å². The van der Waals surface area contributed by atoms with Gasteiger partial charge in [0.15, 0.2) is 0 Å². The average molecular weight is 323 g/mol. The topological polar surface area (TPSA) is 54.5 Å². The number of carbonyl (C=O) groups is 1. The van der Waals surface area contributed by atoms with Crippen molar-refractivity contribution in [2.24, 2.45) is 0 Å². The highest BCUT2D eigenvalue weighted by atomic mass is 16.5. The molecule has 2 unspecified atom stereocenters. The Morgan fingerprint density at radius 2 is 1.71 bits per heavy atom. The number of rotatable bonds is 3. The number of nitrogens with zero attached hydrogens (tertiary/aromatic N) is 2. The number of ether oxygens (including phenoxy) is 1. The summed E-state index contributed by atoms with van der Waals surface area (Å²) in [5.41, 5.74) is 0.844. The van der Waals surface area contributed by atoms with Crippen LogP contribution in [0.2, 0.25) is 0 Å². The van der Waals surface area contributed by atoms with Gasteiger partial charge in [0, 0.05) is 43.0 Å². The summed E-state index contributed by atoms with van der Waals surface area (Å²) in [4.78, 5) is 18.7. The number of hydrogen-bond acceptors (Lipinski definition) is 3. The molecule has 2 fully saturated rings. The minimum Gasteiger partial charge on any atom is -0.490 e. The SMILES string of the molecule is O=C(Nc1ccccc1)N1C2CCC1CC(Oc1ccncc1)C2. The Bertz CT molecular complexity index is 678. The van der Waals surface area contributed by atoms with Gasteiger partial charge in [0.05, 0.1) is 0 Å². The van der Waals surface area contributed by atoms with Crippen molar-refractivity contribution in [3.05, 3.63) is 54.9 Å². The van der Waals surface area contributed by atoms with Gasteiger partial charge in [-0.15, -0.1) is 0 Å². The highest BCUT2D eigenvalue weighted by Crippen LogP contribution is 2.37. The molecule has 0 radical (unpaired) electrons. The van der Waals surface area contributed by atoms with Crippen molar-refractivity contribution in [1.82, 2.24) is 9.88 Å². The first-order chi connectivity index (χ1) is 11.8. The van der Waals surface area contributed by atoms with Gasteiger partial charge in [0.25, 0.3) is 0 Å². The van der Waals surface area contributed by atoms with E-state index in [2.05, 4.69) is 10.3 Å². The van der Waals surface area contributed by atoms with E-state index in [1.54, 1.807) is 12.4 Å². The van der Waals surface area contributed by atoms with Gasteiger partial charge in [0.1, 0.15) is 11.9 Å². The van der Waals surface area contributed by atoms with Crippen LogP contribution < -0.4 is 10.1 Å². The standard InChI is InChI=1S/C19H21N3O2/c23-19(21-14-4-2-1-3-5-14)22-15-6-7-16(22)13-18(12-15)24-17-8-10-20-11-9-17/h1-5,8-11,15-16,18H,6-7,12-13H2,(H,21,23). The molecular formula is C19H21N3O2. The lowest BCUT2D eigenvalue weighted by atomic mass is 10.00. The fourth-order valence-corrected chi connectivity index (χ4v) is 3.87. The van der Waals surface area contributed by atoms with Gasteiger partial charge < -0.3 is 15.0 Å². The van der Waals surface area contributed by atoms with Crippen molar-refractivity contribution < 1.29 is 9.53 Å². The Balaban J connectivity index is 1.40. The first-order valence-electron chi connectivity index (χ1n) is 8.50. The number of piperidine rings is 1. The number of hydrogen-bond donors (Lipinski definition) is 1. The summed E-state index contributed by atoms with van der Waals surface area (Å²) in [6.07, 6.45) is 7.55. The third-order valence-electron chi connectivity index (χ3n) is 4.90. The molecular weight excluding hydrogens is 302 g/mol. The van der Waals surface area contributed by atoms with Crippen molar-refractivity contribution in [3.8, 4) is 5.75 Å². The summed E-state index contributed by atoms with van der Waals surface area (Å²) in [5, 5.41) is 3.01. The first-order valence-corrected chi connectivity index (χ1v) is 8.50. The van der Waals surface area contributed by atoms with Crippen molar-refractivity contribution >= 4 is 11.7 Å². The third kappa shape index (κ3) is 3.07. The molecule has 2 saturated heterocycles. The predicted molar refractivity (Wildman–Crippen MR) is 92.0 cm³/mol. The van der Waals surface area contributed by atoms with E-state index in [9.17, 15) is 4.79 Å². The number of para-hydroxylation sites is 1. The molecule has 4 rings (SSSR count). The molecule has 2 atom stereocenters. The molecule has 2 amide bonds. The van der Waals surface area contributed by atoms with Crippen LogP contribution in [-0.4, -0.2) is 34.1 Å². The Labute approximate surface area is 141 Å². The number of nitrogens with one attached hydrogen (secondary N) is 1. The van der Waals surface area contributed by atoms with Gasteiger partial charge in [-0.25, -0.2) is 4.79 Å². The van der Waals surface area contributed by atoms with Crippen molar-refractivity contribution in [2.75, 3.05) is 5.32 Å². The first kappa shape index (κ1) is 15.0. The molecule has 2 aromatic rings. The van der Waals surface area contributed by atoms with Crippen LogP contribution in [0.1, 0.15) is 25.7 Å². The van der Waals surface area contributed by atoms with Gasteiger partial charge >= 0.3 is 6.03 Å². The maximum atomic E-state index is 12.7. The smallest absolute Gasteiger partial charge is 0.322 e. The molecule has 1 aromatic carbocycles. The number of pyridine rings is 1. The summed E-state index contributed by atoms with van der Waals surface area (Å²) in [6.45, 7) is 0. The summed E-state index contributed by atoms with van der Waals surface area (Å²) in [6, 6.07) is 13.9. The van der Waals surface area contributed by atoms with Crippen molar-refractivity contribution in [1.29, 1.82) is 0 Å². The highest BCUT2D eigenvalue weighted by molar-refractivity contribution is 5.90. The fourth-order valence-electron chi connectivity index (χ4n) is 3.87. The zero-order valence-corrected chi connectivity index (χ0v) is 13.5. The fraction of sp³-hybridized carbons (Fsp3) is 0.368. The quantitative estimate of drug-likeness (QED) is 0.937. The van der Waals surface area contributed by atoms with E-state index < -0.39 is 0 Å². The van der Waals surface area contributed by atoms with E-state index in [1.165, 1.54) is 0 Å². The Morgan fingerprint density at radius 3 is 2.38 bits per heavy atom. The third-order valence-corrected chi connectivity index (χ3v) is 4.90. The average Bonchev–Trinajstić information content (AvgIpc) is 2.88. The van der Waals surface area contributed by atoms with E-state index >= 15 is 0 Å². The van der Waals surface area contributed by atoms with Crippen LogP contribution in [0.4, 0.5) is 10.5 Å². The van der Waals surface area contributed by atoms with Crippen LogP contribution in [0.5, 0.6) is 5.75 Å². The van der Waals surface area contributed by atoms with Crippen LogP contribution in [-0.2, 0) is 0 Å². The second-order valence-corrected chi connectivity index (χ2v) is 6.48. The normalized spacial score (nSPS) is 25.3. The Kier molecular flexibility index (Phi) is 4.07. The number of anilines is 1. The molecule has 124 valence electrons. The zero-order valence-electron chi connectivity index (χ0n) is 13.5. The zero-order chi connectivity index (χ0) is 16.4. The summed E-state index contributed by atoms with van der Waals surface area (Å²) in [7, 11) is 0. The van der Waals surface area contributed by atoms with Crippen LogP contribution >= 0.6 is 0 Å². The molecule has 0 spiro atoms. The molecule has 0 saturated carbocycles. The van der Waals surface area contributed by atoms with Gasteiger partial charge in [-0.2, -0.15) is 0 Å². The summed E-state index contributed by atoms with van der Waals surface area (Å²) < 4.78 is 6.08. The van der Waals surface area contributed by atoms with Crippen LogP contribution in [0, 0.1) is 0 Å². The molecule has 2 aliphatic rings. The minimum atomic E-state index is 0.0102. The van der Waals surface area contributed by atoms with E-state index in [1.807, 2.05) is 47.4 Å². The molecule has 5 heteroatoms. The van der Waals surface area contributed by atoms with Gasteiger partial charge in [0.2, 0.25) is 0 Å². The molecule has 5 nitrogen and oxygen atoms in total. The summed E-state index contributed by atoms with van der Waals surface area (Å²) in [5.74, 6) is 0.858. The van der Waals surface area contributed by atoms with E-state index in [-0.39, 0.29) is 24.2 Å². The van der Waals surface area contributed by atoms with Crippen LogP contribution in [0.3, 0.4) is 0 Å². The minimum absolute atomic E-state index is 0.0102. The molecule has 24 heavy (non-hydrogen) atoms. The lowest BCUT2D eigenvalue weighted by molar-refractivity contribution is 0.0732. The number of benzene rings is 1. The molecule has 1 N–H and O–H groups in total. The van der Waals surface area contributed by atoms with Gasteiger partial charge in [-0.05, 0) is 37.1 Å². The lowest BCUT2D eigenvalue weighted by Crippen LogP contribution is -2.50. The molecule has 3 heterocycles. The molecule has 1 aromatic heterocycles. The number of fused-ring (bicyclic) bond motifs is 2. The predicted octanol–water partition coefficient (Wildman–Crippen LogP) is 3.69. The summed E-state index contributed by atoms with van der Waals surface area (Å²) >= 11 is 0. The van der Waals surface area contributed by atoms with Crippen molar-refractivity contribution in [2.45, 2.75) is 43.9 Å². The maximum absolute atomic E-state index is 12.7. The monoisotopic (exact) mass is 323 g/mol. The molecule has 0 aliphatic carbocycles. The van der Waals surface area contributed by atoms with Crippen LogP contribution in [0.15, 0.2) is 54.9 Å². The highest BCUT2D eigenvalue weighted by Gasteiger charge is 2.44. The van der Waals surface area contributed by atoms with E-state index in [0.717, 1.165) is 37.1 Å². The number of urea groups is 1. The second-order valence-electron chi connectivity index (χ2n) is 6.48. The van der Waals surface area contributed by atoms with Crippen molar-refractivity contribution in [3.63, 3.8) is 0 Å². The van der Waals surface area contributed by atoms with E-state index in [0.29, 0.717) is 0 Å². The molecule has 2 bridgehead atoms. The largest absolute Gasteiger partial charge is 0.490 e. The van der Waals surface area contributed by atoms with Gasteiger partial charge in [-0.1, -0.05) is 18.2 Å². The second kappa shape index (κ2) is 6.51. The molecule has 2 aliphatic heterocycles. The Morgan fingerprint density at radius 1 is 1.04 bits per heavy atom.